The molecule has 14 heavy (non-hydrogen) atoms. The quantitative estimate of drug-likeness (QED) is 0.883. The lowest BCUT2D eigenvalue weighted by atomic mass is 9.92. The summed E-state index contributed by atoms with van der Waals surface area (Å²) in [7, 11) is 0. The van der Waals surface area contributed by atoms with E-state index in [-0.39, 0.29) is 5.92 Å². The fourth-order valence-corrected chi connectivity index (χ4v) is 1.82. The summed E-state index contributed by atoms with van der Waals surface area (Å²) in [4.78, 5) is 0. The highest BCUT2D eigenvalue weighted by Crippen LogP contribution is 2.26. The minimum Gasteiger partial charge on any atom is -0.330 e. The summed E-state index contributed by atoms with van der Waals surface area (Å²) in [5.41, 5.74) is 6.48. The fourth-order valence-electron chi connectivity index (χ4n) is 1.55. The summed E-state index contributed by atoms with van der Waals surface area (Å²) in [6, 6.07) is 7.75. The van der Waals surface area contributed by atoms with Gasteiger partial charge in [0.2, 0.25) is 0 Å². The van der Waals surface area contributed by atoms with Crippen LogP contribution in [0.1, 0.15) is 24.8 Å². The third-order valence-corrected chi connectivity index (χ3v) is 2.86. The molecule has 0 aliphatic rings. The Morgan fingerprint density at radius 1 is 1.36 bits per heavy atom. The summed E-state index contributed by atoms with van der Waals surface area (Å²) >= 11 is 3.35. The molecule has 1 aromatic carbocycles. The first-order valence-electron chi connectivity index (χ1n) is 4.74. The molecule has 0 aliphatic heterocycles. The molecule has 0 radical (unpaired) electrons. The van der Waals surface area contributed by atoms with Crippen LogP contribution >= 0.6 is 15.9 Å². The zero-order valence-corrected chi connectivity index (χ0v) is 9.80. The molecule has 0 spiro atoms. The summed E-state index contributed by atoms with van der Waals surface area (Å²) in [6.07, 6.45) is -0.154. The van der Waals surface area contributed by atoms with Crippen LogP contribution in [0.5, 0.6) is 0 Å². The van der Waals surface area contributed by atoms with Gasteiger partial charge in [-0.2, -0.15) is 0 Å². The predicted octanol–water partition coefficient (Wildman–Crippen LogP) is 3.24. The van der Waals surface area contributed by atoms with Gasteiger partial charge in [-0.1, -0.05) is 28.1 Å². The van der Waals surface area contributed by atoms with Crippen molar-refractivity contribution in [2.24, 2.45) is 5.73 Å². The SMILES string of the molecule is CC(F)C(CCN)c1ccc(Br)cc1. The van der Waals surface area contributed by atoms with Crippen molar-refractivity contribution in [2.45, 2.75) is 25.4 Å². The lowest BCUT2D eigenvalue weighted by Crippen LogP contribution is -2.15. The van der Waals surface area contributed by atoms with Gasteiger partial charge in [-0.3, -0.25) is 0 Å². The maximum Gasteiger partial charge on any atom is 0.104 e. The van der Waals surface area contributed by atoms with Crippen molar-refractivity contribution < 1.29 is 4.39 Å². The summed E-state index contributed by atoms with van der Waals surface area (Å²) in [5.74, 6) is -0.0758. The van der Waals surface area contributed by atoms with Gasteiger partial charge in [0.1, 0.15) is 6.17 Å². The summed E-state index contributed by atoms with van der Waals surface area (Å²) < 4.78 is 14.3. The van der Waals surface area contributed by atoms with Gasteiger partial charge >= 0.3 is 0 Å². The van der Waals surface area contributed by atoms with Crippen LogP contribution in [0.15, 0.2) is 28.7 Å². The minimum atomic E-state index is -0.847. The van der Waals surface area contributed by atoms with E-state index in [1.165, 1.54) is 0 Å². The molecule has 0 aromatic heterocycles. The van der Waals surface area contributed by atoms with Gasteiger partial charge in [0.25, 0.3) is 0 Å². The lowest BCUT2D eigenvalue weighted by Gasteiger charge is -2.17. The zero-order valence-electron chi connectivity index (χ0n) is 8.21. The Morgan fingerprint density at radius 2 is 1.93 bits per heavy atom. The minimum absolute atomic E-state index is 0.0758. The van der Waals surface area contributed by atoms with Gasteiger partial charge < -0.3 is 5.73 Å². The van der Waals surface area contributed by atoms with E-state index in [1.807, 2.05) is 24.3 Å². The van der Waals surface area contributed by atoms with E-state index in [0.717, 1.165) is 10.0 Å². The molecule has 0 fully saturated rings. The van der Waals surface area contributed by atoms with Gasteiger partial charge in [-0.25, -0.2) is 4.39 Å². The number of rotatable bonds is 4. The molecule has 0 saturated carbocycles. The average Bonchev–Trinajstić information content (AvgIpc) is 2.15. The highest BCUT2D eigenvalue weighted by Gasteiger charge is 2.17. The number of halogens is 2. The molecule has 1 aromatic rings. The van der Waals surface area contributed by atoms with Crippen molar-refractivity contribution in [1.29, 1.82) is 0 Å². The monoisotopic (exact) mass is 259 g/mol. The van der Waals surface area contributed by atoms with Crippen LogP contribution in [0, 0.1) is 0 Å². The number of hydrogen-bond acceptors (Lipinski definition) is 1. The van der Waals surface area contributed by atoms with Crippen LogP contribution in [0.25, 0.3) is 0 Å². The van der Waals surface area contributed by atoms with Crippen LogP contribution in [0.2, 0.25) is 0 Å². The standard InChI is InChI=1S/C11H15BrFN/c1-8(13)11(6-7-14)9-2-4-10(12)5-3-9/h2-5,8,11H,6-7,14H2,1H3. The fraction of sp³-hybridized carbons (Fsp3) is 0.455. The van der Waals surface area contributed by atoms with Gasteiger partial charge in [0.05, 0.1) is 0 Å². The molecule has 78 valence electrons. The maximum absolute atomic E-state index is 13.3. The number of alkyl halides is 1. The smallest absolute Gasteiger partial charge is 0.104 e. The maximum atomic E-state index is 13.3. The Hall–Kier alpha value is -0.410. The Balaban J connectivity index is 2.82. The van der Waals surface area contributed by atoms with Gasteiger partial charge in [-0.15, -0.1) is 0 Å². The van der Waals surface area contributed by atoms with E-state index < -0.39 is 6.17 Å². The number of hydrogen-bond donors (Lipinski definition) is 1. The van der Waals surface area contributed by atoms with Crippen LogP contribution in [-0.4, -0.2) is 12.7 Å². The first-order chi connectivity index (χ1) is 6.65. The molecule has 0 amide bonds. The normalized spacial score (nSPS) is 15.1. The van der Waals surface area contributed by atoms with E-state index >= 15 is 0 Å². The van der Waals surface area contributed by atoms with Crippen molar-refractivity contribution >= 4 is 15.9 Å². The first-order valence-corrected chi connectivity index (χ1v) is 5.54. The number of benzene rings is 1. The zero-order chi connectivity index (χ0) is 10.6. The highest BCUT2D eigenvalue weighted by molar-refractivity contribution is 9.10. The molecule has 0 saturated heterocycles. The molecular weight excluding hydrogens is 245 g/mol. The topological polar surface area (TPSA) is 26.0 Å². The molecule has 1 rings (SSSR count). The van der Waals surface area contributed by atoms with Gasteiger partial charge in [-0.05, 0) is 37.6 Å². The summed E-state index contributed by atoms with van der Waals surface area (Å²) in [5, 5.41) is 0. The first kappa shape index (κ1) is 11.7. The van der Waals surface area contributed by atoms with Crippen molar-refractivity contribution in [3.8, 4) is 0 Å². The Morgan fingerprint density at radius 3 is 2.36 bits per heavy atom. The van der Waals surface area contributed by atoms with Crippen LogP contribution < -0.4 is 5.73 Å². The van der Waals surface area contributed by atoms with E-state index in [1.54, 1.807) is 6.92 Å². The second-order valence-electron chi connectivity index (χ2n) is 3.41. The highest BCUT2D eigenvalue weighted by atomic mass is 79.9. The Labute approximate surface area is 92.6 Å². The largest absolute Gasteiger partial charge is 0.330 e. The third-order valence-electron chi connectivity index (χ3n) is 2.33. The molecular formula is C11H15BrFN. The van der Waals surface area contributed by atoms with E-state index in [9.17, 15) is 4.39 Å². The average molecular weight is 260 g/mol. The second kappa shape index (κ2) is 5.47. The van der Waals surface area contributed by atoms with Crippen molar-refractivity contribution in [2.75, 3.05) is 6.54 Å². The van der Waals surface area contributed by atoms with Gasteiger partial charge in [0, 0.05) is 10.4 Å². The molecule has 2 unspecified atom stereocenters. The van der Waals surface area contributed by atoms with Crippen LogP contribution in [0.3, 0.4) is 0 Å². The van der Waals surface area contributed by atoms with Crippen molar-refractivity contribution in [3.05, 3.63) is 34.3 Å². The number of nitrogens with two attached hydrogens (primary N) is 1. The molecule has 0 heterocycles. The molecule has 0 aliphatic carbocycles. The Bertz CT molecular complexity index is 271. The van der Waals surface area contributed by atoms with Crippen LogP contribution in [0.4, 0.5) is 4.39 Å². The molecule has 3 heteroatoms. The summed E-state index contributed by atoms with van der Waals surface area (Å²) in [6.45, 7) is 2.11. The third kappa shape index (κ3) is 3.07. The van der Waals surface area contributed by atoms with E-state index in [0.29, 0.717) is 13.0 Å². The second-order valence-corrected chi connectivity index (χ2v) is 4.33. The van der Waals surface area contributed by atoms with Gasteiger partial charge in [0.15, 0.2) is 0 Å². The molecule has 1 nitrogen and oxygen atoms in total. The lowest BCUT2D eigenvalue weighted by molar-refractivity contribution is 0.297. The molecule has 0 bridgehead atoms. The van der Waals surface area contributed by atoms with E-state index in [4.69, 9.17) is 5.73 Å². The van der Waals surface area contributed by atoms with E-state index in [2.05, 4.69) is 15.9 Å². The van der Waals surface area contributed by atoms with Crippen molar-refractivity contribution in [3.63, 3.8) is 0 Å². The molecule has 2 N–H and O–H groups in total. The van der Waals surface area contributed by atoms with Crippen molar-refractivity contribution in [1.82, 2.24) is 0 Å². The molecule has 2 atom stereocenters. The Kier molecular flexibility index (Phi) is 4.55. The predicted molar refractivity (Wildman–Crippen MR) is 61.1 cm³/mol. The van der Waals surface area contributed by atoms with Crippen LogP contribution in [-0.2, 0) is 0 Å².